The van der Waals surface area contributed by atoms with Crippen molar-refractivity contribution in [3.8, 4) is 5.75 Å². The van der Waals surface area contributed by atoms with E-state index in [2.05, 4.69) is 47.9 Å². The van der Waals surface area contributed by atoms with Crippen LogP contribution in [0.15, 0.2) is 36.9 Å². The van der Waals surface area contributed by atoms with Crippen LogP contribution in [0.5, 0.6) is 5.75 Å². The molecule has 0 unspecified atom stereocenters. The first kappa shape index (κ1) is 24.3. The Labute approximate surface area is 217 Å². The number of hydrogen-bond donors (Lipinski definition) is 1. The Morgan fingerprint density at radius 2 is 1.62 bits per heavy atom. The lowest BCUT2D eigenvalue weighted by molar-refractivity contribution is 0.122. The standard InChI is InChI=1S/C28H36N6O3/c35-23-5-9-34(10-6-23)27-16-21(31-19-32-27)15-20-1-3-24(4-2-20)37-26-18-22(33-11-13-36-14-12-33)17-25-28(26)30-8-7-29-25/h7-8,16-20,23-24,35H,1-6,9-15H2. The molecule has 1 aliphatic carbocycles. The maximum absolute atomic E-state index is 9.80. The van der Waals surface area contributed by atoms with Crippen molar-refractivity contribution in [1.29, 1.82) is 0 Å². The molecule has 3 aromatic rings. The van der Waals surface area contributed by atoms with Crippen molar-refractivity contribution in [2.75, 3.05) is 49.2 Å². The van der Waals surface area contributed by atoms with Gasteiger partial charge in [0.25, 0.3) is 0 Å². The van der Waals surface area contributed by atoms with Crippen LogP contribution in [-0.2, 0) is 11.2 Å². The van der Waals surface area contributed by atoms with Crippen LogP contribution in [0.4, 0.5) is 11.5 Å². The summed E-state index contributed by atoms with van der Waals surface area (Å²) in [6.45, 7) is 4.95. The summed E-state index contributed by atoms with van der Waals surface area (Å²) in [6.07, 6.45) is 12.0. The first-order valence-electron chi connectivity index (χ1n) is 13.7. The maximum atomic E-state index is 9.80. The van der Waals surface area contributed by atoms with Gasteiger partial charge in [-0.1, -0.05) is 0 Å². The van der Waals surface area contributed by atoms with Gasteiger partial charge in [-0.05, 0) is 56.9 Å². The van der Waals surface area contributed by atoms with E-state index in [1.165, 1.54) is 0 Å². The summed E-state index contributed by atoms with van der Waals surface area (Å²) >= 11 is 0. The number of piperidine rings is 1. The van der Waals surface area contributed by atoms with Gasteiger partial charge >= 0.3 is 0 Å². The molecule has 0 spiro atoms. The summed E-state index contributed by atoms with van der Waals surface area (Å²) in [5.41, 5.74) is 3.95. The average molecular weight is 505 g/mol. The van der Waals surface area contributed by atoms with Crippen molar-refractivity contribution in [3.05, 3.63) is 42.6 Å². The number of benzene rings is 1. The summed E-state index contributed by atoms with van der Waals surface area (Å²) in [6, 6.07) is 6.39. The molecular weight excluding hydrogens is 468 g/mol. The van der Waals surface area contributed by atoms with Crippen LogP contribution in [-0.4, -0.2) is 76.6 Å². The van der Waals surface area contributed by atoms with Gasteiger partial charge in [0.05, 0.1) is 30.9 Å². The maximum Gasteiger partial charge on any atom is 0.149 e. The second kappa shape index (κ2) is 11.1. The van der Waals surface area contributed by atoms with Gasteiger partial charge in [0.1, 0.15) is 23.4 Å². The SMILES string of the molecule is OC1CCN(c2cc(CC3CCC(Oc4cc(N5CCOCC5)cc5nccnc45)CC3)ncn2)CC1. The van der Waals surface area contributed by atoms with Gasteiger partial charge < -0.3 is 24.4 Å². The first-order chi connectivity index (χ1) is 18.2. The molecule has 37 heavy (non-hydrogen) atoms. The first-order valence-corrected chi connectivity index (χ1v) is 13.7. The lowest BCUT2D eigenvalue weighted by Gasteiger charge is -2.32. The zero-order valence-electron chi connectivity index (χ0n) is 21.3. The van der Waals surface area contributed by atoms with Crippen LogP contribution in [0.1, 0.15) is 44.2 Å². The van der Waals surface area contributed by atoms with E-state index in [1.54, 1.807) is 18.7 Å². The Morgan fingerprint density at radius 1 is 0.838 bits per heavy atom. The number of ether oxygens (including phenoxy) is 2. The molecule has 3 fully saturated rings. The van der Waals surface area contributed by atoms with Crippen LogP contribution >= 0.6 is 0 Å². The molecule has 2 saturated heterocycles. The van der Waals surface area contributed by atoms with Crippen LogP contribution < -0.4 is 14.5 Å². The van der Waals surface area contributed by atoms with E-state index < -0.39 is 0 Å². The smallest absolute Gasteiger partial charge is 0.149 e. The number of rotatable bonds is 6. The molecule has 0 atom stereocenters. The van der Waals surface area contributed by atoms with Gasteiger partial charge in [0, 0.05) is 62.1 Å². The van der Waals surface area contributed by atoms with E-state index in [9.17, 15) is 5.11 Å². The molecule has 9 heteroatoms. The Balaban J connectivity index is 1.08. The van der Waals surface area contributed by atoms with Gasteiger partial charge in [-0.2, -0.15) is 0 Å². The lowest BCUT2D eigenvalue weighted by Crippen LogP contribution is -2.36. The highest BCUT2D eigenvalue weighted by atomic mass is 16.5. The molecule has 1 N–H and O–H groups in total. The molecule has 0 bridgehead atoms. The number of anilines is 2. The zero-order chi connectivity index (χ0) is 25.0. The second-order valence-electron chi connectivity index (χ2n) is 10.5. The van der Waals surface area contributed by atoms with Crippen molar-refractivity contribution in [2.24, 2.45) is 5.92 Å². The molecule has 1 saturated carbocycles. The van der Waals surface area contributed by atoms with Gasteiger partial charge in [-0.15, -0.1) is 0 Å². The summed E-state index contributed by atoms with van der Waals surface area (Å²) in [7, 11) is 0. The van der Waals surface area contributed by atoms with Gasteiger partial charge in [-0.25, -0.2) is 15.0 Å². The highest BCUT2D eigenvalue weighted by Gasteiger charge is 2.25. The summed E-state index contributed by atoms with van der Waals surface area (Å²) in [5, 5.41) is 9.80. The average Bonchev–Trinajstić information content (AvgIpc) is 2.95. The van der Waals surface area contributed by atoms with E-state index >= 15 is 0 Å². The zero-order valence-corrected chi connectivity index (χ0v) is 21.3. The molecule has 6 rings (SSSR count). The Bertz CT molecular complexity index is 1190. The fraction of sp³-hybridized carbons (Fsp3) is 0.571. The molecule has 2 aromatic heterocycles. The highest BCUT2D eigenvalue weighted by molar-refractivity contribution is 5.85. The normalized spacial score (nSPS) is 23.4. The van der Waals surface area contributed by atoms with E-state index in [0.717, 1.165) is 118 Å². The van der Waals surface area contributed by atoms with Crippen LogP contribution in [0.3, 0.4) is 0 Å². The van der Waals surface area contributed by atoms with E-state index in [-0.39, 0.29) is 12.2 Å². The van der Waals surface area contributed by atoms with E-state index in [4.69, 9.17) is 9.47 Å². The quantitative estimate of drug-likeness (QED) is 0.542. The van der Waals surface area contributed by atoms with Crippen molar-refractivity contribution < 1.29 is 14.6 Å². The minimum Gasteiger partial charge on any atom is -0.488 e. The fourth-order valence-electron chi connectivity index (χ4n) is 5.82. The van der Waals surface area contributed by atoms with Gasteiger partial charge in [0.15, 0.2) is 0 Å². The van der Waals surface area contributed by atoms with Crippen LogP contribution in [0, 0.1) is 5.92 Å². The molecular formula is C28H36N6O3. The molecule has 3 aliphatic rings. The highest BCUT2D eigenvalue weighted by Crippen LogP contribution is 2.35. The number of fused-ring (bicyclic) bond motifs is 1. The molecule has 1 aromatic carbocycles. The van der Waals surface area contributed by atoms with Crippen molar-refractivity contribution in [1.82, 2.24) is 19.9 Å². The predicted octanol–water partition coefficient (Wildman–Crippen LogP) is 3.40. The minimum atomic E-state index is -0.179. The third kappa shape index (κ3) is 5.78. The summed E-state index contributed by atoms with van der Waals surface area (Å²) < 4.78 is 12.1. The molecule has 0 radical (unpaired) electrons. The van der Waals surface area contributed by atoms with Crippen molar-refractivity contribution in [2.45, 2.75) is 57.2 Å². The van der Waals surface area contributed by atoms with Gasteiger partial charge in [-0.3, -0.25) is 4.98 Å². The largest absolute Gasteiger partial charge is 0.488 e. The Morgan fingerprint density at radius 3 is 2.43 bits per heavy atom. The lowest BCUT2D eigenvalue weighted by atomic mass is 9.84. The number of hydrogen-bond acceptors (Lipinski definition) is 9. The minimum absolute atomic E-state index is 0.179. The molecule has 9 nitrogen and oxygen atoms in total. The Kier molecular flexibility index (Phi) is 7.32. The number of morpholine rings is 1. The third-order valence-corrected chi connectivity index (χ3v) is 7.98. The molecule has 196 valence electrons. The third-order valence-electron chi connectivity index (χ3n) is 7.98. The number of nitrogens with zero attached hydrogens (tertiary/aromatic N) is 6. The van der Waals surface area contributed by atoms with Crippen molar-refractivity contribution in [3.63, 3.8) is 0 Å². The van der Waals surface area contributed by atoms with Gasteiger partial charge in [0.2, 0.25) is 0 Å². The van der Waals surface area contributed by atoms with Crippen LogP contribution in [0.25, 0.3) is 11.0 Å². The number of aromatic nitrogens is 4. The van der Waals surface area contributed by atoms with Crippen molar-refractivity contribution >= 4 is 22.5 Å². The monoisotopic (exact) mass is 504 g/mol. The van der Waals surface area contributed by atoms with Crippen LogP contribution in [0.2, 0.25) is 0 Å². The fourth-order valence-corrected chi connectivity index (χ4v) is 5.82. The number of aliphatic hydroxyl groups excluding tert-OH is 1. The topological polar surface area (TPSA) is 96.7 Å². The predicted molar refractivity (Wildman–Crippen MR) is 142 cm³/mol. The second-order valence-corrected chi connectivity index (χ2v) is 10.5. The van der Waals surface area contributed by atoms with E-state index in [0.29, 0.717) is 5.92 Å². The molecule has 2 aliphatic heterocycles. The summed E-state index contributed by atoms with van der Waals surface area (Å²) in [4.78, 5) is 22.8. The van der Waals surface area contributed by atoms with E-state index in [1.807, 2.05) is 0 Å². The summed E-state index contributed by atoms with van der Waals surface area (Å²) in [5.74, 6) is 2.42. The Hall–Kier alpha value is -3.04. The molecule has 4 heterocycles. The molecule has 0 amide bonds. The number of aliphatic hydroxyl groups is 1.